The minimum Gasteiger partial charge on any atom is -0.392 e. The number of aromatic nitrogens is 2. The molecule has 3 aromatic rings. The molecule has 1 aliphatic carbocycles. The van der Waals surface area contributed by atoms with Gasteiger partial charge in [0.25, 0.3) is 5.91 Å². The van der Waals surface area contributed by atoms with E-state index < -0.39 is 6.10 Å². The van der Waals surface area contributed by atoms with Crippen molar-refractivity contribution in [2.45, 2.75) is 45.3 Å². The van der Waals surface area contributed by atoms with Crippen LogP contribution in [0.15, 0.2) is 30.6 Å². The third kappa shape index (κ3) is 4.00. The molecule has 0 bridgehead atoms. The van der Waals surface area contributed by atoms with Crippen molar-refractivity contribution in [2.24, 2.45) is 0 Å². The molecule has 0 saturated carbocycles. The second-order valence-electron chi connectivity index (χ2n) is 7.22. The number of aliphatic hydroxyl groups excluding tert-OH is 1. The van der Waals surface area contributed by atoms with Gasteiger partial charge in [-0.1, -0.05) is 12.1 Å². The van der Waals surface area contributed by atoms with Crippen molar-refractivity contribution < 1.29 is 9.90 Å². The number of carbonyl (C=O) groups is 1. The van der Waals surface area contributed by atoms with Crippen molar-refractivity contribution in [1.82, 2.24) is 15.3 Å². The molecular weight excluding hydrogens is 372 g/mol. The van der Waals surface area contributed by atoms with Crippen LogP contribution in [-0.4, -0.2) is 33.6 Å². The number of carbonyl (C=O) groups excluding carboxylic acids is 1. The summed E-state index contributed by atoms with van der Waals surface area (Å²) < 4.78 is 0. The van der Waals surface area contributed by atoms with Crippen LogP contribution >= 0.6 is 11.3 Å². The Morgan fingerprint density at radius 3 is 2.79 bits per heavy atom. The number of nitrogens with zero attached hydrogens (tertiary/aromatic N) is 2. The maximum atomic E-state index is 12.0. The van der Waals surface area contributed by atoms with Crippen molar-refractivity contribution >= 4 is 33.3 Å². The predicted molar refractivity (Wildman–Crippen MR) is 112 cm³/mol. The van der Waals surface area contributed by atoms with E-state index in [0.717, 1.165) is 29.1 Å². The third-order valence-electron chi connectivity index (χ3n) is 4.99. The summed E-state index contributed by atoms with van der Waals surface area (Å²) in [6.45, 7) is 2.52. The van der Waals surface area contributed by atoms with Crippen molar-refractivity contribution in [3.8, 4) is 0 Å². The van der Waals surface area contributed by atoms with E-state index in [4.69, 9.17) is 0 Å². The van der Waals surface area contributed by atoms with Gasteiger partial charge in [0.1, 0.15) is 17.0 Å². The zero-order valence-electron chi connectivity index (χ0n) is 15.9. The lowest BCUT2D eigenvalue weighted by molar-refractivity contribution is 0.0924. The van der Waals surface area contributed by atoms with Gasteiger partial charge in [-0.25, -0.2) is 9.97 Å². The van der Waals surface area contributed by atoms with E-state index in [1.165, 1.54) is 28.7 Å². The lowest BCUT2D eigenvalue weighted by atomic mass is 9.97. The SMILES string of the molecule is CC(O)CNC(=O)c1ccc(CNc2ncnc3sc4c(c23)CCCC4)cc1. The highest BCUT2D eigenvalue weighted by atomic mass is 32.1. The summed E-state index contributed by atoms with van der Waals surface area (Å²) in [4.78, 5) is 23.5. The molecule has 6 nitrogen and oxygen atoms in total. The molecule has 1 amide bonds. The Kier molecular flexibility index (Phi) is 5.54. The first-order valence-corrected chi connectivity index (χ1v) is 10.5. The highest BCUT2D eigenvalue weighted by Crippen LogP contribution is 2.38. The molecule has 3 N–H and O–H groups in total. The Bertz CT molecular complexity index is 982. The fourth-order valence-corrected chi connectivity index (χ4v) is 4.76. The van der Waals surface area contributed by atoms with Gasteiger partial charge in [-0.15, -0.1) is 11.3 Å². The van der Waals surface area contributed by atoms with Gasteiger partial charge in [-0.2, -0.15) is 0 Å². The fourth-order valence-electron chi connectivity index (χ4n) is 3.53. The van der Waals surface area contributed by atoms with Gasteiger partial charge in [-0.05, 0) is 55.9 Å². The monoisotopic (exact) mass is 396 g/mol. The Hall–Kier alpha value is -2.51. The molecule has 2 aromatic heterocycles. The maximum absolute atomic E-state index is 12.0. The third-order valence-corrected chi connectivity index (χ3v) is 6.19. The summed E-state index contributed by atoms with van der Waals surface area (Å²) in [5.41, 5.74) is 3.07. The maximum Gasteiger partial charge on any atom is 0.251 e. The Morgan fingerprint density at radius 2 is 2.00 bits per heavy atom. The van der Waals surface area contributed by atoms with Gasteiger partial charge in [0.15, 0.2) is 0 Å². The average molecular weight is 397 g/mol. The molecule has 1 atom stereocenters. The second-order valence-corrected chi connectivity index (χ2v) is 8.31. The first kappa shape index (κ1) is 18.8. The number of rotatable bonds is 6. The first-order chi connectivity index (χ1) is 13.6. The molecule has 1 aliphatic rings. The lowest BCUT2D eigenvalue weighted by Crippen LogP contribution is -2.30. The summed E-state index contributed by atoms with van der Waals surface area (Å²) in [5.74, 6) is 0.714. The number of aryl methyl sites for hydroxylation is 2. The molecule has 0 saturated heterocycles. The number of hydrogen-bond acceptors (Lipinski definition) is 6. The largest absolute Gasteiger partial charge is 0.392 e. The van der Waals surface area contributed by atoms with E-state index in [-0.39, 0.29) is 12.5 Å². The molecule has 0 fully saturated rings. The number of hydrogen-bond donors (Lipinski definition) is 3. The number of amides is 1. The van der Waals surface area contributed by atoms with Crippen LogP contribution in [0.2, 0.25) is 0 Å². The van der Waals surface area contributed by atoms with E-state index in [1.807, 2.05) is 12.1 Å². The zero-order chi connectivity index (χ0) is 19.5. The van der Waals surface area contributed by atoms with E-state index in [9.17, 15) is 9.90 Å². The molecule has 1 unspecified atom stereocenters. The number of anilines is 1. The molecule has 2 heterocycles. The quantitative estimate of drug-likeness (QED) is 0.595. The van der Waals surface area contributed by atoms with E-state index in [0.29, 0.717) is 12.1 Å². The van der Waals surface area contributed by atoms with Crippen LogP contribution in [0.5, 0.6) is 0 Å². The lowest BCUT2D eigenvalue weighted by Gasteiger charge is -2.12. The minimum atomic E-state index is -0.556. The van der Waals surface area contributed by atoms with Crippen LogP contribution in [0.1, 0.15) is 46.1 Å². The van der Waals surface area contributed by atoms with Crippen LogP contribution in [0.3, 0.4) is 0 Å². The number of fused-ring (bicyclic) bond motifs is 3. The summed E-state index contributed by atoms with van der Waals surface area (Å²) in [6, 6.07) is 7.48. The van der Waals surface area contributed by atoms with Crippen molar-refractivity contribution in [3.63, 3.8) is 0 Å². The second kappa shape index (κ2) is 8.24. The van der Waals surface area contributed by atoms with Gasteiger partial charge in [0.05, 0.1) is 11.5 Å². The van der Waals surface area contributed by atoms with E-state index >= 15 is 0 Å². The van der Waals surface area contributed by atoms with Crippen LogP contribution in [0.25, 0.3) is 10.2 Å². The first-order valence-electron chi connectivity index (χ1n) is 9.66. The van der Waals surface area contributed by atoms with Crippen molar-refractivity contribution in [1.29, 1.82) is 0 Å². The molecule has 1 aromatic carbocycles. The van der Waals surface area contributed by atoms with E-state index in [2.05, 4.69) is 20.6 Å². The Labute approximate surface area is 168 Å². The number of aliphatic hydroxyl groups is 1. The molecular formula is C21H24N4O2S. The highest BCUT2D eigenvalue weighted by molar-refractivity contribution is 7.19. The average Bonchev–Trinajstić information content (AvgIpc) is 3.10. The molecule has 0 aliphatic heterocycles. The Balaban J connectivity index is 1.46. The molecule has 28 heavy (non-hydrogen) atoms. The van der Waals surface area contributed by atoms with Gasteiger partial charge in [0, 0.05) is 23.5 Å². The summed E-state index contributed by atoms with van der Waals surface area (Å²) in [7, 11) is 0. The van der Waals surface area contributed by atoms with Gasteiger partial charge < -0.3 is 15.7 Å². The molecule has 146 valence electrons. The summed E-state index contributed by atoms with van der Waals surface area (Å²) >= 11 is 1.79. The van der Waals surface area contributed by atoms with Crippen molar-refractivity contribution in [3.05, 3.63) is 52.2 Å². The normalized spacial score (nSPS) is 14.5. The fraction of sp³-hybridized carbons (Fsp3) is 0.381. The predicted octanol–water partition coefficient (Wildman–Crippen LogP) is 3.29. The van der Waals surface area contributed by atoms with Gasteiger partial charge in [-0.3, -0.25) is 4.79 Å². The van der Waals surface area contributed by atoms with Crippen LogP contribution < -0.4 is 10.6 Å². The summed E-state index contributed by atoms with van der Waals surface area (Å²) in [5, 5.41) is 16.6. The number of benzene rings is 1. The smallest absolute Gasteiger partial charge is 0.251 e. The van der Waals surface area contributed by atoms with Crippen LogP contribution in [-0.2, 0) is 19.4 Å². The molecule has 0 spiro atoms. The van der Waals surface area contributed by atoms with E-state index in [1.54, 1.807) is 36.7 Å². The molecule has 4 rings (SSSR count). The van der Waals surface area contributed by atoms with Crippen LogP contribution in [0, 0.1) is 0 Å². The van der Waals surface area contributed by atoms with Crippen molar-refractivity contribution in [2.75, 3.05) is 11.9 Å². The highest BCUT2D eigenvalue weighted by Gasteiger charge is 2.19. The molecule has 7 heteroatoms. The zero-order valence-corrected chi connectivity index (χ0v) is 16.7. The number of nitrogens with one attached hydrogen (secondary N) is 2. The van der Waals surface area contributed by atoms with Crippen LogP contribution in [0.4, 0.5) is 5.82 Å². The van der Waals surface area contributed by atoms with Gasteiger partial charge >= 0.3 is 0 Å². The summed E-state index contributed by atoms with van der Waals surface area (Å²) in [6.07, 6.45) is 5.81. The minimum absolute atomic E-state index is 0.178. The van der Waals surface area contributed by atoms with Gasteiger partial charge in [0.2, 0.25) is 0 Å². The molecule has 0 radical (unpaired) electrons. The number of thiophene rings is 1. The Morgan fingerprint density at radius 1 is 1.21 bits per heavy atom. The topological polar surface area (TPSA) is 87.1 Å². The standard InChI is InChI=1S/C21H24N4O2S/c1-13(26)10-23-20(27)15-8-6-14(7-9-15)11-22-19-18-16-4-2-3-5-17(16)28-21(18)25-12-24-19/h6-9,12-13,26H,2-5,10-11H2,1H3,(H,23,27)(H,22,24,25).